The minimum Gasteiger partial charge on any atom is -0.466 e. The summed E-state index contributed by atoms with van der Waals surface area (Å²) in [6.45, 7) is 3.41. The molecule has 8 heteroatoms. The Morgan fingerprint density at radius 2 is 1.78 bits per heavy atom. The summed E-state index contributed by atoms with van der Waals surface area (Å²) in [6.07, 6.45) is 2.35. The van der Waals surface area contributed by atoms with Gasteiger partial charge in [-0.15, -0.1) is 0 Å². The summed E-state index contributed by atoms with van der Waals surface area (Å²) >= 11 is 1.57. The smallest absolute Gasteiger partial charge is 0.273 e. The van der Waals surface area contributed by atoms with Crippen LogP contribution < -0.4 is 16.2 Å². The zero-order valence-electron chi connectivity index (χ0n) is 15.5. The Morgan fingerprint density at radius 1 is 1.07 bits per heavy atom. The lowest BCUT2D eigenvalue weighted by atomic mass is 10.1. The number of hydrazine groups is 1. The predicted molar refractivity (Wildman–Crippen MR) is 104 cm³/mol. The van der Waals surface area contributed by atoms with Crippen LogP contribution in [0.25, 0.3) is 0 Å². The Kier molecular flexibility index (Phi) is 7.48. The maximum Gasteiger partial charge on any atom is 0.273 e. The number of rotatable bonds is 7. The number of carbonyl (C=O) groups excluding carboxylic acids is 3. The number of hydrogen-bond acceptors (Lipinski definition) is 5. The van der Waals surface area contributed by atoms with Crippen molar-refractivity contribution in [3.05, 3.63) is 59.0 Å². The minimum absolute atomic E-state index is 0.343. The molecule has 7 nitrogen and oxygen atoms in total. The van der Waals surface area contributed by atoms with Crippen molar-refractivity contribution in [1.82, 2.24) is 16.2 Å². The van der Waals surface area contributed by atoms with Crippen molar-refractivity contribution in [1.29, 1.82) is 0 Å². The normalized spacial score (nSPS) is 11.5. The van der Waals surface area contributed by atoms with Gasteiger partial charge < -0.3 is 9.73 Å². The molecule has 1 heterocycles. The molecule has 2 aromatic rings. The largest absolute Gasteiger partial charge is 0.466 e. The third kappa shape index (κ3) is 5.89. The second kappa shape index (κ2) is 9.82. The van der Waals surface area contributed by atoms with Gasteiger partial charge in [-0.05, 0) is 50.5 Å². The average molecular weight is 389 g/mol. The Hall–Kier alpha value is -2.74. The lowest BCUT2D eigenvalue weighted by molar-refractivity contribution is -0.123. The molecule has 0 aliphatic carbocycles. The van der Waals surface area contributed by atoms with Crippen molar-refractivity contribution in [2.24, 2.45) is 0 Å². The van der Waals surface area contributed by atoms with Crippen molar-refractivity contribution in [3.63, 3.8) is 0 Å². The van der Waals surface area contributed by atoms with Crippen molar-refractivity contribution in [3.8, 4) is 0 Å². The van der Waals surface area contributed by atoms with Crippen LogP contribution in [-0.2, 0) is 4.79 Å². The predicted octanol–water partition coefficient (Wildman–Crippen LogP) is 2.21. The third-order valence-corrected chi connectivity index (χ3v) is 4.50. The van der Waals surface area contributed by atoms with Gasteiger partial charge in [0, 0.05) is 5.56 Å². The Balaban J connectivity index is 1.98. The van der Waals surface area contributed by atoms with E-state index in [2.05, 4.69) is 16.2 Å². The van der Waals surface area contributed by atoms with Gasteiger partial charge in [-0.25, -0.2) is 0 Å². The molecule has 0 saturated heterocycles. The number of nitrogens with one attached hydrogen (secondary N) is 3. The molecule has 1 aromatic heterocycles. The van der Waals surface area contributed by atoms with Crippen molar-refractivity contribution in [2.75, 3.05) is 12.0 Å². The summed E-state index contributed by atoms with van der Waals surface area (Å²) in [5, 5.41) is 2.71. The highest BCUT2D eigenvalue weighted by Gasteiger charge is 2.22. The second-order valence-corrected chi connectivity index (χ2v) is 6.93. The van der Waals surface area contributed by atoms with Gasteiger partial charge in [0.15, 0.2) is 0 Å². The molecule has 1 atom stereocenters. The Bertz CT molecular complexity index is 805. The first-order valence-electron chi connectivity index (χ1n) is 8.44. The summed E-state index contributed by atoms with van der Waals surface area (Å²) in [4.78, 5) is 37.0. The number of thioether (sulfide) groups is 1. The maximum atomic E-state index is 12.5. The molecule has 1 aromatic carbocycles. The Labute approximate surface area is 162 Å². The van der Waals surface area contributed by atoms with Crippen LogP contribution in [0.1, 0.15) is 38.7 Å². The van der Waals surface area contributed by atoms with E-state index >= 15 is 0 Å². The van der Waals surface area contributed by atoms with Gasteiger partial charge in [0.05, 0.1) is 5.56 Å². The van der Waals surface area contributed by atoms with E-state index in [1.165, 1.54) is 0 Å². The van der Waals surface area contributed by atoms with Crippen LogP contribution in [0.15, 0.2) is 40.8 Å². The molecule has 0 saturated carbocycles. The molecule has 3 N–H and O–H groups in total. The number of aryl methyl sites for hydroxylation is 2. The van der Waals surface area contributed by atoms with Gasteiger partial charge in [-0.3, -0.25) is 25.2 Å². The standard InChI is InChI=1S/C19H23N3O4S/c1-12-11-15(13(2)26-12)18(24)21-22-19(25)16(9-10-27-3)20-17(23)14-7-5-4-6-8-14/h4-8,11,16H,9-10H2,1-3H3,(H,20,23)(H,21,24)(H,22,25)/t16-/m1/s1. The number of hydrogen-bond donors (Lipinski definition) is 3. The molecule has 0 fully saturated rings. The topological polar surface area (TPSA) is 100 Å². The van der Waals surface area contributed by atoms with E-state index in [4.69, 9.17) is 4.42 Å². The molecule has 2 rings (SSSR count). The van der Waals surface area contributed by atoms with E-state index in [1.54, 1.807) is 55.9 Å². The molecule has 3 amide bonds. The van der Waals surface area contributed by atoms with Crippen molar-refractivity contribution < 1.29 is 18.8 Å². The molecule has 0 spiro atoms. The molecular weight excluding hydrogens is 366 g/mol. The number of amides is 3. The highest BCUT2D eigenvalue weighted by Crippen LogP contribution is 2.13. The fourth-order valence-electron chi connectivity index (χ4n) is 2.46. The molecule has 0 aliphatic rings. The Morgan fingerprint density at radius 3 is 2.37 bits per heavy atom. The van der Waals surface area contributed by atoms with Crippen LogP contribution in [0.4, 0.5) is 0 Å². The van der Waals surface area contributed by atoms with E-state index in [1.807, 2.05) is 12.3 Å². The first-order valence-corrected chi connectivity index (χ1v) is 9.84. The first-order chi connectivity index (χ1) is 12.9. The van der Waals surface area contributed by atoms with E-state index < -0.39 is 17.9 Å². The number of carbonyl (C=O) groups is 3. The van der Waals surface area contributed by atoms with Gasteiger partial charge in [0.25, 0.3) is 17.7 Å². The lowest BCUT2D eigenvalue weighted by Gasteiger charge is -2.18. The highest BCUT2D eigenvalue weighted by molar-refractivity contribution is 7.98. The van der Waals surface area contributed by atoms with Crippen molar-refractivity contribution in [2.45, 2.75) is 26.3 Å². The van der Waals surface area contributed by atoms with Gasteiger partial charge >= 0.3 is 0 Å². The SMILES string of the molecule is CSCC[C@@H](NC(=O)c1ccccc1)C(=O)NNC(=O)c1cc(C)oc1C. The highest BCUT2D eigenvalue weighted by atomic mass is 32.2. The van der Waals surface area contributed by atoms with E-state index in [0.717, 1.165) is 0 Å². The van der Waals surface area contributed by atoms with Crippen LogP contribution in [0.5, 0.6) is 0 Å². The van der Waals surface area contributed by atoms with E-state index in [9.17, 15) is 14.4 Å². The van der Waals surface area contributed by atoms with Crippen LogP contribution in [0.3, 0.4) is 0 Å². The summed E-state index contributed by atoms with van der Waals surface area (Å²) in [5.41, 5.74) is 5.56. The lowest BCUT2D eigenvalue weighted by Crippen LogP contribution is -2.52. The zero-order chi connectivity index (χ0) is 19.8. The average Bonchev–Trinajstić information content (AvgIpc) is 3.01. The summed E-state index contributed by atoms with van der Waals surface area (Å²) in [7, 11) is 0. The maximum absolute atomic E-state index is 12.5. The van der Waals surface area contributed by atoms with E-state index in [0.29, 0.717) is 34.8 Å². The quantitative estimate of drug-likeness (QED) is 0.631. The fourth-order valence-corrected chi connectivity index (χ4v) is 2.94. The number of benzene rings is 1. The van der Waals surface area contributed by atoms with Gasteiger partial charge in [0.2, 0.25) is 0 Å². The van der Waals surface area contributed by atoms with Crippen LogP contribution in [-0.4, -0.2) is 35.8 Å². The minimum atomic E-state index is -0.766. The van der Waals surface area contributed by atoms with Crippen LogP contribution in [0.2, 0.25) is 0 Å². The van der Waals surface area contributed by atoms with Crippen LogP contribution in [0, 0.1) is 13.8 Å². The molecule has 0 unspecified atom stereocenters. The molecule has 0 radical (unpaired) electrons. The first kappa shape index (κ1) is 20.6. The van der Waals surface area contributed by atoms with Gasteiger partial charge in [0.1, 0.15) is 17.6 Å². The molecular formula is C19H23N3O4S. The molecule has 27 heavy (non-hydrogen) atoms. The summed E-state index contributed by atoms with van der Waals surface area (Å²) in [5.74, 6) is 0.452. The zero-order valence-corrected chi connectivity index (χ0v) is 16.3. The summed E-state index contributed by atoms with van der Waals surface area (Å²) in [6, 6.07) is 9.48. The molecule has 0 bridgehead atoms. The monoisotopic (exact) mass is 389 g/mol. The fraction of sp³-hybridized carbons (Fsp3) is 0.316. The molecule has 144 valence electrons. The van der Waals surface area contributed by atoms with Crippen molar-refractivity contribution >= 4 is 29.5 Å². The van der Waals surface area contributed by atoms with Gasteiger partial charge in [-0.1, -0.05) is 18.2 Å². The molecule has 0 aliphatic heterocycles. The third-order valence-electron chi connectivity index (χ3n) is 3.85. The summed E-state index contributed by atoms with van der Waals surface area (Å²) < 4.78 is 5.31. The van der Waals surface area contributed by atoms with Gasteiger partial charge in [-0.2, -0.15) is 11.8 Å². The number of furan rings is 1. The van der Waals surface area contributed by atoms with E-state index in [-0.39, 0.29) is 5.91 Å². The van der Waals surface area contributed by atoms with Crippen LogP contribution >= 0.6 is 11.8 Å². The second-order valence-electron chi connectivity index (χ2n) is 5.94.